The molecule has 3 nitrogen and oxygen atoms in total. The Morgan fingerprint density at radius 2 is 1.79 bits per heavy atom. The molecule has 14 heavy (non-hydrogen) atoms. The van der Waals surface area contributed by atoms with Crippen LogP contribution in [0.1, 0.15) is 25.7 Å². The molecule has 0 spiro atoms. The molecule has 80 valence electrons. The van der Waals surface area contributed by atoms with Crippen LogP contribution in [-0.4, -0.2) is 35.4 Å². The van der Waals surface area contributed by atoms with Gasteiger partial charge in [0.2, 0.25) is 0 Å². The second-order valence-electron chi connectivity index (χ2n) is 4.16. The summed E-state index contributed by atoms with van der Waals surface area (Å²) < 4.78 is 24.5. The summed E-state index contributed by atoms with van der Waals surface area (Å²) in [5.74, 6) is -1.01. The van der Waals surface area contributed by atoms with Gasteiger partial charge in [-0.25, -0.2) is 0 Å². The highest BCUT2D eigenvalue weighted by atomic mass is 19.3. The van der Waals surface area contributed by atoms with E-state index >= 15 is 0 Å². The fraction of sp³-hybridized carbons (Fsp3) is 0.889. The van der Waals surface area contributed by atoms with Crippen LogP contribution >= 0.6 is 0 Å². The highest BCUT2D eigenvalue weighted by molar-refractivity contribution is 5.80. The van der Waals surface area contributed by atoms with Gasteiger partial charge >= 0.3 is 6.43 Å². The molecule has 0 aromatic rings. The lowest BCUT2D eigenvalue weighted by atomic mass is 9.98. The van der Waals surface area contributed by atoms with Crippen LogP contribution in [0, 0.1) is 0 Å². The van der Waals surface area contributed by atoms with Crippen LogP contribution in [0.25, 0.3) is 0 Å². The first-order valence-electron chi connectivity index (χ1n) is 4.95. The molecule has 3 atom stereocenters. The monoisotopic (exact) mass is 204 g/mol. The van der Waals surface area contributed by atoms with Crippen molar-refractivity contribution < 1.29 is 13.6 Å². The van der Waals surface area contributed by atoms with Crippen molar-refractivity contribution in [1.82, 2.24) is 4.90 Å². The molecule has 0 saturated carbocycles. The Hall–Kier alpha value is -0.710. The van der Waals surface area contributed by atoms with Gasteiger partial charge in [-0.1, -0.05) is 0 Å². The molecule has 2 aliphatic rings. The van der Waals surface area contributed by atoms with Gasteiger partial charge in [-0.3, -0.25) is 4.79 Å². The molecule has 2 heterocycles. The van der Waals surface area contributed by atoms with Crippen molar-refractivity contribution >= 4 is 5.91 Å². The van der Waals surface area contributed by atoms with Gasteiger partial charge in [0.1, 0.15) is 0 Å². The molecule has 0 aromatic carbocycles. The van der Waals surface area contributed by atoms with Gasteiger partial charge in [0.15, 0.2) is 0 Å². The van der Waals surface area contributed by atoms with Gasteiger partial charge in [-0.2, -0.15) is 8.78 Å². The Bertz CT molecular complexity index is 233. The van der Waals surface area contributed by atoms with Gasteiger partial charge < -0.3 is 10.6 Å². The normalized spacial score (nSPS) is 36.6. The van der Waals surface area contributed by atoms with E-state index in [9.17, 15) is 13.6 Å². The lowest BCUT2D eigenvalue weighted by molar-refractivity contribution is -0.147. The molecule has 2 fully saturated rings. The number of rotatable bonds is 1. The average Bonchev–Trinajstić information content (AvgIpc) is 2.37. The largest absolute Gasteiger partial charge is 0.332 e. The van der Waals surface area contributed by atoms with E-state index in [-0.39, 0.29) is 18.1 Å². The Morgan fingerprint density at radius 3 is 2.21 bits per heavy atom. The smallest absolute Gasteiger partial charge is 0.315 e. The number of alkyl halides is 2. The number of hydrogen-bond acceptors (Lipinski definition) is 2. The summed E-state index contributed by atoms with van der Waals surface area (Å²) in [6.07, 6.45) is 0.143. The first kappa shape index (κ1) is 9.83. The maximum atomic E-state index is 12.3. The lowest BCUT2D eigenvalue weighted by Crippen LogP contribution is -2.51. The van der Waals surface area contributed by atoms with E-state index < -0.39 is 12.3 Å². The Morgan fingerprint density at radius 1 is 1.29 bits per heavy atom. The van der Waals surface area contributed by atoms with Crippen LogP contribution in [0.4, 0.5) is 8.78 Å². The fourth-order valence-corrected chi connectivity index (χ4v) is 2.69. The number of hydrogen-bond donors (Lipinski definition) is 1. The van der Waals surface area contributed by atoms with Crippen LogP contribution in [0.3, 0.4) is 0 Å². The van der Waals surface area contributed by atoms with Gasteiger partial charge in [-0.05, 0) is 25.7 Å². The van der Waals surface area contributed by atoms with Crippen molar-refractivity contribution in [2.24, 2.45) is 5.73 Å². The molecule has 0 radical (unpaired) electrons. The molecular weight excluding hydrogens is 190 g/mol. The van der Waals surface area contributed by atoms with Crippen LogP contribution in [0.2, 0.25) is 0 Å². The third-order valence-corrected chi connectivity index (χ3v) is 3.21. The van der Waals surface area contributed by atoms with Crippen molar-refractivity contribution in [3.63, 3.8) is 0 Å². The third-order valence-electron chi connectivity index (χ3n) is 3.21. The van der Waals surface area contributed by atoms with E-state index in [1.165, 1.54) is 4.90 Å². The second kappa shape index (κ2) is 3.46. The number of nitrogens with two attached hydrogens (primary N) is 1. The van der Waals surface area contributed by atoms with E-state index in [1.54, 1.807) is 0 Å². The minimum absolute atomic E-state index is 0.0368. The summed E-state index contributed by atoms with van der Waals surface area (Å²) in [6, 6.07) is 0.00437. The quantitative estimate of drug-likeness (QED) is 0.684. The second-order valence-corrected chi connectivity index (χ2v) is 4.16. The maximum absolute atomic E-state index is 12.3. The first-order valence-corrected chi connectivity index (χ1v) is 4.95. The molecule has 2 aliphatic heterocycles. The van der Waals surface area contributed by atoms with E-state index in [1.807, 2.05) is 0 Å². The van der Waals surface area contributed by atoms with E-state index in [4.69, 9.17) is 5.73 Å². The van der Waals surface area contributed by atoms with E-state index in [0.717, 1.165) is 12.8 Å². The lowest BCUT2D eigenvalue weighted by Gasteiger charge is -2.37. The zero-order valence-electron chi connectivity index (χ0n) is 7.83. The standard InChI is InChI=1S/C9H14F2N2O/c10-8(11)9(14)13-6-1-2-7(13)4-5(12)3-6/h5-8H,1-4,12H2/t5?,6-,7+. The fourth-order valence-electron chi connectivity index (χ4n) is 2.69. The number of fused-ring (bicyclic) bond motifs is 2. The molecular formula is C9H14F2N2O. The Balaban J connectivity index is 2.11. The number of carbonyl (C=O) groups is 1. The molecule has 5 heteroatoms. The summed E-state index contributed by atoms with van der Waals surface area (Å²) in [5.41, 5.74) is 5.77. The van der Waals surface area contributed by atoms with Crippen LogP contribution in [0.15, 0.2) is 0 Å². The van der Waals surface area contributed by atoms with Gasteiger partial charge in [0.05, 0.1) is 0 Å². The number of nitrogens with zero attached hydrogens (tertiary/aromatic N) is 1. The average molecular weight is 204 g/mol. The zero-order chi connectivity index (χ0) is 10.3. The number of amides is 1. The third kappa shape index (κ3) is 1.49. The Labute approximate surface area is 81.2 Å². The molecule has 2 N–H and O–H groups in total. The topological polar surface area (TPSA) is 46.3 Å². The predicted molar refractivity (Wildman–Crippen MR) is 46.9 cm³/mol. The minimum Gasteiger partial charge on any atom is -0.332 e. The van der Waals surface area contributed by atoms with Gasteiger partial charge in [0.25, 0.3) is 5.91 Å². The van der Waals surface area contributed by atoms with Crippen LogP contribution < -0.4 is 5.73 Å². The minimum atomic E-state index is -2.87. The highest BCUT2D eigenvalue weighted by Crippen LogP contribution is 2.35. The van der Waals surface area contributed by atoms with Crippen molar-refractivity contribution in [1.29, 1.82) is 0 Å². The zero-order valence-corrected chi connectivity index (χ0v) is 7.83. The number of piperidine rings is 1. The van der Waals surface area contributed by atoms with Crippen molar-refractivity contribution in [2.75, 3.05) is 0 Å². The van der Waals surface area contributed by atoms with E-state index in [0.29, 0.717) is 12.8 Å². The molecule has 1 amide bonds. The Kier molecular flexibility index (Phi) is 2.43. The van der Waals surface area contributed by atoms with Crippen molar-refractivity contribution in [3.8, 4) is 0 Å². The summed E-state index contributed by atoms with van der Waals surface area (Å²) in [5, 5.41) is 0. The summed E-state index contributed by atoms with van der Waals surface area (Å²) in [6.45, 7) is 0. The first-order chi connectivity index (χ1) is 6.59. The highest BCUT2D eigenvalue weighted by Gasteiger charge is 2.44. The van der Waals surface area contributed by atoms with Crippen molar-refractivity contribution in [2.45, 2.75) is 50.2 Å². The number of halogens is 2. The summed E-state index contributed by atoms with van der Waals surface area (Å²) in [7, 11) is 0. The van der Waals surface area contributed by atoms with Crippen molar-refractivity contribution in [3.05, 3.63) is 0 Å². The maximum Gasteiger partial charge on any atom is 0.315 e. The van der Waals surface area contributed by atoms with Crippen LogP contribution in [0.5, 0.6) is 0 Å². The molecule has 2 bridgehead atoms. The molecule has 2 rings (SSSR count). The number of carbonyl (C=O) groups excluding carboxylic acids is 1. The molecule has 1 unspecified atom stereocenters. The summed E-state index contributed by atoms with van der Waals surface area (Å²) >= 11 is 0. The van der Waals surface area contributed by atoms with Gasteiger partial charge in [-0.15, -0.1) is 0 Å². The molecule has 2 saturated heterocycles. The molecule has 0 aromatic heterocycles. The van der Waals surface area contributed by atoms with E-state index in [2.05, 4.69) is 0 Å². The van der Waals surface area contributed by atoms with Crippen LogP contribution in [-0.2, 0) is 4.79 Å². The SMILES string of the molecule is NC1C[C@H]2CC[C@@H](C1)N2C(=O)C(F)F. The van der Waals surface area contributed by atoms with Gasteiger partial charge in [0, 0.05) is 18.1 Å². The predicted octanol–water partition coefficient (Wildman–Crippen LogP) is 0.732. The molecule has 0 aliphatic carbocycles. The summed E-state index contributed by atoms with van der Waals surface area (Å²) in [4.78, 5) is 12.6.